The van der Waals surface area contributed by atoms with Crippen molar-refractivity contribution in [3.8, 4) is 22.3 Å². The highest BCUT2D eigenvalue weighted by Crippen LogP contribution is 2.41. The molecular formula is C62H45NO. The van der Waals surface area contributed by atoms with E-state index in [1.165, 1.54) is 55.3 Å². The lowest BCUT2D eigenvalue weighted by atomic mass is 9.81. The number of hydrogen-bond donors (Lipinski definition) is 0. The summed E-state index contributed by atoms with van der Waals surface area (Å²) in [5.41, 5.74) is 17.7. The number of para-hydroxylation sites is 2. The molecule has 304 valence electrons. The lowest BCUT2D eigenvalue weighted by Gasteiger charge is -2.27. The highest BCUT2D eigenvalue weighted by molar-refractivity contribution is 6.09. The normalized spacial score (nSPS) is 16.7. The van der Waals surface area contributed by atoms with Crippen LogP contribution < -0.4 is 4.90 Å². The fourth-order valence-corrected chi connectivity index (χ4v) is 9.97. The second-order valence-electron chi connectivity index (χ2n) is 17.2. The first-order valence-electron chi connectivity index (χ1n) is 22.5. The third-order valence-electron chi connectivity index (χ3n) is 13.4. The van der Waals surface area contributed by atoms with E-state index in [4.69, 9.17) is 4.42 Å². The maximum atomic E-state index is 6.43. The summed E-state index contributed by atoms with van der Waals surface area (Å²) in [7, 11) is 0. The Balaban J connectivity index is 0.841. The van der Waals surface area contributed by atoms with Crippen LogP contribution in [0.5, 0.6) is 0 Å². The fraction of sp³-hybridized carbons (Fsp3) is 0.0645. The monoisotopic (exact) mass is 819 g/mol. The molecule has 64 heavy (non-hydrogen) atoms. The molecule has 0 fully saturated rings. The van der Waals surface area contributed by atoms with Crippen LogP contribution in [-0.4, -0.2) is 0 Å². The first-order chi connectivity index (χ1) is 31.7. The Bertz CT molecular complexity index is 3400. The Hall–Kier alpha value is -7.94. The molecule has 2 heteroatoms. The summed E-state index contributed by atoms with van der Waals surface area (Å²) in [6, 6.07) is 66.1. The third kappa shape index (κ3) is 6.94. The number of allylic oxidation sites excluding steroid dienone is 12. The summed E-state index contributed by atoms with van der Waals surface area (Å²) in [5, 5.41) is 4.84. The molecule has 0 N–H and O–H groups in total. The Morgan fingerprint density at radius 1 is 0.406 bits per heavy atom. The molecule has 9 aromatic rings. The average Bonchev–Trinajstić information content (AvgIpc) is 3.76. The number of furan rings is 1. The largest absolute Gasteiger partial charge is 0.455 e. The van der Waals surface area contributed by atoms with Crippen molar-refractivity contribution < 1.29 is 4.42 Å². The molecule has 3 aliphatic rings. The smallest absolute Gasteiger partial charge is 0.143 e. The van der Waals surface area contributed by atoms with E-state index in [0.29, 0.717) is 11.8 Å². The van der Waals surface area contributed by atoms with Gasteiger partial charge in [-0.3, -0.25) is 0 Å². The molecule has 0 saturated heterocycles. The number of hydrogen-bond acceptors (Lipinski definition) is 2. The Labute approximate surface area is 374 Å². The van der Waals surface area contributed by atoms with E-state index >= 15 is 0 Å². The third-order valence-corrected chi connectivity index (χ3v) is 13.4. The predicted octanol–water partition coefficient (Wildman–Crippen LogP) is 17.1. The highest BCUT2D eigenvalue weighted by Gasteiger charge is 2.20. The van der Waals surface area contributed by atoms with E-state index in [1.54, 1.807) is 0 Å². The molecule has 0 amide bonds. The minimum Gasteiger partial charge on any atom is -0.455 e. The van der Waals surface area contributed by atoms with Crippen LogP contribution in [0.15, 0.2) is 241 Å². The lowest BCUT2D eigenvalue weighted by molar-refractivity contribution is 0.663. The van der Waals surface area contributed by atoms with Gasteiger partial charge >= 0.3 is 0 Å². The van der Waals surface area contributed by atoms with E-state index in [0.717, 1.165) is 63.0 Å². The first-order valence-corrected chi connectivity index (χ1v) is 22.5. The standard InChI is InChI=1S/C62H45NO/c1-2-11-51-41-52(28-25-42(51)9-1)47-31-37-54(38-32-47)63(55-39-33-50(34-40-55)58-16-8-17-60-59-14-5-6-18-61(59)64-62(58)60)53-35-29-46(30-36-53)44-21-19-43(20-22-44)45-23-26-49(27-24-45)57-15-7-12-48-10-3-4-13-56(48)57/h1-19,21,23-42,51H,20,22H2. The van der Waals surface area contributed by atoms with Gasteiger partial charge in [-0.25, -0.2) is 0 Å². The molecule has 0 spiro atoms. The Morgan fingerprint density at radius 2 is 0.922 bits per heavy atom. The van der Waals surface area contributed by atoms with E-state index in [2.05, 4.69) is 229 Å². The predicted molar refractivity (Wildman–Crippen MR) is 271 cm³/mol. The maximum Gasteiger partial charge on any atom is 0.143 e. The summed E-state index contributed by atoms with van der Waals surface area (Å²) in [6.07, 6.45) is 22.6. The van der Waals surface area contributed by atoms with Crippen LogP contribution >= 0.6 is 0 Å². The van der Waals surface area contributed by atoms with Crippen molar-refractivity contribution in [1.82, 2.24) is 0 Å². The van der Waals surface area contributed by atoms with Crippen molar-refractivity contribution in [3.63, 3.8) is 0 Å². The molecule has 2 atom stereocenters. The number of nitrogens with zero attached hydrogens (tertiary/aromatic N) is 1. The Kier molecular flexibility index (Phi) is 9.49. The van der Waals surface area contributed by atoms with Gasteiger partial charge in [0.1, 0.15) is 11.2 Å². The first kappa shape index (κ1) is 37.8. The SMILES string of the molecule is C1=CC2C=CC(c3ccc(N(c4ccc(C5=CC=C(c6ccc(-c7cccc8ccccc78)cc6)CC5)cc4)c4ccc(-c5cccc6c5oc5ccccc56)cc4)cc3)=CC2C=C1. The van der Waals surface area contributed by atoms with Crippen molar-refractivity contribution in [2.45, 2.75) is 12.8 Å². The average molecular weight is 820 g/mol. The van der Waals surface area contributed by atoms with Gasteiger partial charge in [0.25, 0.3) is 0 Å². The van der Waals surface area contributed by atoms with E-state index in [-0.39, 0.29) is 0 Å². The van der Waals surface area contributed by atoms with E-state index in [1.807, 2.05) is 12.1 Å². The highest BCUT2D eigenvalue weighted by atomic mass is 16.3. The van der Waals surface area contributed by atoms with Crippen LogP contribution in [0.4, 0.5) is 17.1 Å². The molecule has 0 radical (unpaired) electrons. The van der Waals surface area contributed by atoms with Gasteiger partial charge in [-0.2, -0.15) is 0 Å². The Morgan fingerprint density at radius 3 is 1.62 bits per heavy atom. The van der Waals surface area contributed by atoms with Gasteiger partial charge in [0, 0.05) is 45.2 Å². The molecule has 0 bridgehead atoms. The van der Waals surface area contributed by atoms with Crippen molar-refractivity contribution in [2.24, 2.45) is 11.8 Å². The van der Waals surface area contributed by atoms with Crippen LogP contribution in [0.25, 0.3) is 71.7 Å². The van der Waals surface area contributed by atoms with Gasteiger partial charge in [0.05, 0.1) is 0 Å². The summed E-state index contributed by atoms with van der Waals surface area (Å²) in [5.74, 6) is 0.841. The van der Waals surface area contributed by atoms with Gasteiger partial charge in [-0.15, -0.1) is 0 Å². The second kappa shape index (κ2) is 16.1. The molecule has 12 rings (SSSR count). The summed E-state index contributed by atoms with van der Waals surface area (Å²) >= 11 is 0. The summed E-state index contributed by atoms with van der Waals surface area (Å²) in [4.78, 5) is 2.37. The fourth-order valence-electron chi connectivity index (χ4n) is 9.97. The van der Waals surface area contributed by atoms with Crippen LogP contribution in [0.2, 0.25) is 0 Å². The minimum absolute atomic E-state index is 0.401. The zero-order chi connectivity index (χ0) is 42.4. The van der Waals surface area contributed by atoms with E-state index < -0.39 is 0 Å². The van der Waals surface area contributed by atoms with Crippen LogP contribution in [0, 0.1) is 11.8 Å². The van der Waals surface area contributed by atoms with Gasteiger partial charge < -0.3 is 9.32 Å². The van der Waals surface area contributed by atoms with Crippen molar-refractivity contribution >= 4 is 66.5 Å². The number of fused-ring (bicyclic) bond motifs is 5. The molecule has 1 aromatic heterocycles. The van der Waals surface area contributed by atoms with Crippen LogP contribution in [0.3, 0.4) is 0 Å². The molecule has 1 heterocycles. The van der Waals surface area contributed by atoms with Crippen LogP contribution in [0.1, 0.15) is 29.5 Å². The van der Waals surface area contributed by atoms with E-state index in [9.17, 15) is 0 Å². The number of benzene rings is 8. The molecule has 0 aliphatic heterocycles. The van der Waals surface area contributed by atoms with Crippen molar-refractivity contribution in [1.29, 1.82) is 0 Å². The van der Waals surface area contributed by atoms with Crippen LogP contribution in [-0.2, 0) is 0 Å². The minimum atomic E-state index is 0.401. The summed E-state index contributed by atoms with van der Waals surface area (Å²) < 4.78 is 6.43. The molecule has 3 aliphatic carbocycles. The molecular weight excluding hydrogens is 775 g/mol. The molecule has 2 unspecified atom stereocenters. The topological polar surface area (TPSA) is 16.4 Å². The van der Waals surface area contributed by atoms with Crippen molar-refractivity contribution in [2.75, 3.05) is 4.90 Å². The van der Waals surface area contributed by atoms with Gasteiger partial charge in [-0.05, 0) is 116 Å². The van der Waals surface area contributed by atoms with Gasteiger partial charge in [-0.1, -0.05) is 194 Å². The second-order valence-corrected chi connectivity index (χ2v) is 17.2. The quantitative estimate of drug-likeness (QED) is 0.152. The molecule has 2 nitrogen and oxygen atoms in total. The van der Waals surface area contributed by atoms with Gasteiger partial charge in [0.2, 0.25) is 0 Å². The number of anilines is 3. The van der Waals surface area contributed by atoms with Gasteiger partial charge in [0.15, 0.2) is 0 Å². The lowest BCUT2D eigenvalue weighted by Crippen LogP contribution is -2.11. The molecule has 0 saturated carbocycles. The maximum absolute atomic E-state index is 6.43. The molecule has 8 aromatic carbocycles. The van der Waals surface area contributed by atoms with Crippen molar-refractivity contribution in [3.05, 3.63) is 253 Å². The summed E-state index contributed by atoms with van der Waals surface area (Å²) in [6.45, 7) is 0. The number of rotatable bonds is 8. The zero-order valence-electron chi connectivity index (χ0n) is 35.4. The zero-order valence-corrected chi connectivity index (χ0v) is 35.4.